The first-order chi connectivity index (χ1) is 11.6. The summed E-state index contributed by atoms with van der Waals surface area (Å²) in [6.07, 6.45) is 4.89. The van der Waals surface area contributed by atoms with Gasteiger partial charge in [0, 0.05) is 22.9 Å². The summed E-state index contributed by atoms with van der Waals surface area (Å²) in [5.41, 5.74) is 3.27. The molecule has 2 aromatic heterocycles. The van der Waals surface area contributed by atoms with E-state index in [-0.39, 0.29) is 11.7 Å². The smallest absolute Gasteiger partial charge is 0.200 e. The number of Topliss-reactive ketones (excluding diaryl/α,β-unsaturated/α-hetero) is 1. The van der Waals surface area contributed by atoms with Crippen LogP contribution >= 0.6 is 0 Å². The van der Waals surface area contributed by atoms with Crippen molar-refractivity contribution in [2.24, 2.45) is 5.92 Å². The molecule has 0 N–H and O–H groups in total. The van der Waals surface area contributed by atoms with Crippen molar-refractivity contribution in [1.82, 2.24) is 19.7 Å². The van der Waals surface area contributed by atoms with E-state index in [2.05, 4.69) is 19.7 Å². The molecule has 0 spiro atoms. The van der Waals surface area contributed by atoms with Gasteiger partial charge < -0.3 is 4.57 Å². The van der Waals surface area contributed by atoms with E-state index < -0.39 is 0 Å². The first-order valence-corrected chi connectivity index (χ1v) is 8.75. The molecule has 1 aromatic carbocycles. The van der Waals surface area contributed by atoms with Crippen molar-refractivity contribution in [3.8, 4) is 0 Å². The Bertz CT molecular complexity index is 935. The number of hydrogen-bond donors (Lipinski definition) is 0. The number of nitrogens with zero attached hydrogens (tertiary/aromatic N) is 4. The SMILES string of the molecule is Cc1nc2nnc3ccc(C(=O)C(C)C)cc3c2n1C1CCCC1. The van der Waals surface area contributed by atoms with E-state index in [0.717, 1.165) is 27.8 Å². The minimum absolute atomic E-state index is 0.0192. The number of fused-ring (bicyclic) bond motifs is 3. The lowest BCUT2D eigenvalue weighted by atomic mass is 9.99. The predicted molar refractivity (Wildman–Crippen MR) is 94.2 cm³/mol. The first kappa shape index (κ1) is 15.2. The molecule has 2 heterocycles. The number of carbonyl (C=O) groups excluding carboxylic acids is 1. The molecule has 24 heavy (non-hydrogen) atoms. The third kappa shape index (κ3) is 2.30. The van der Waals surface area contributed by atoms with Crippen LogP contribution < -0.4 is 0 Å². The van der Waals surface area contributed by atoms with Gasteiger partial charge in [0.1, 0.15) is 5.82 Å². The summed E-state index contributed by atoms with van der Waals surface area (Å²) in [5, 5.41) is 9.59. The number of aryl methyl sites for hydroxylation is 1. The fourth-order valence-electron chi connectivity index (χ4n) is 3.86. The summed E-state index contributed by atoms with van der Waals surface area (Å²) in [7, 11) is 0. The maximum absolute atomic E-state index is 12.4. The quantitative estimate of drug-likeness (QED) is 0.677. The molecule has 0 atom stereocenters. The van der Waals surface area contributed by atoms with E-state index >= 15 is 0 Å². The summed E-state index contributed by atoms with van der Waals surface area (Å²) in [6.45, 7) is 5.90. The molecular formula is C19H22N4O. The highest BCUT2D eigenvalue weighted by molar-refractivity contribution is 6.06. The maximum atomic E-state index is 12.4. The Balaban J connectivity index is 2.00. The molecule has 0 aliphatic heterocycles. The van der Waals surface area contributed by atoms with Gasteiger partial charge in [-0.25, -0.2) is 4.98 Å². The third-order valence-corrected chi connectivity index (χ3v) is 5.07. The van der Waals surface area contributed by atoms with Gasteiger partial charge in [-0.05, 0) is 38.0 Å². The Labute approximate surface area is 141 Å². The van der Waals surface area contributed by atoms with Gasteiger partial charge in [-0.1, -0.05) is 26.7 Å². The highest BCUT2D eigenvalue weighted by atomic mass is 16.1. The summed E-state index contributed by atoms with van der Waals surface area (Å²) < 4.78 is 2.32. The van der Waals surface area contributed by atoms with Crippen LogP contribution in [0.25, 0.3) is 22.1 Å². The highest BCUT2D eigenvalue weighted by Crippen LogP contribution is 2.35. The average molecular weight is 322 g/mol. The second-order valence-electron chi connectivity index (χ2n) is 7.09. The minimum Gasteiger partial charge on any atom is -0.323 e. The predicted octanol–water partition coefficient (Wildman–Crippen LogP) is 4.24. The number of aromatic nitrogens is 4. The van der Waals surface area contributed by atoms with Gasteiger partial charge in [0.2, 0.25) is 5.65 Å². The monoisotopic (exact) mass is 322 g/mol. The van der Waals surface area contributed by atoms with Crippen molar-refractivity contribution >= 4 is 27.9 Å². The minimum atomic E-state index is -0.0192. The Morgan fingerprint density at radius 2 is 1.96 bits per heavy atom. The lowest BCUT2D eigenvalue weighted by Crippen LogP contribution is -2.09. The second-order valence-corrected chi connectivity index (χ2v) is 7.09. The largest absolute Gasteiger partial charge is 0.323 e. The lowest BCUT2D eigenvalue weighted by Gasteiger charge is -2.15. The normalized spacial score (nSPS) is 15.8. The number of imidazole rings is 1. The maximum Gasteiger partial charge on any atom is 0.200 e. The fourth-order valence-corrected chi connectivity index (χ4v) is 3.86. The molecule has 4 rings (SSSR count). The van der Waals surface area contributed by atoms with Crippen molar-refractivity contribution < 1.29 is 4.79 Å². The van der Waals surface area contributed by atoms with Crippen LogP contribution in [0.15, 0.2) is 18.2 Å². The van der Waals surface area contributed by atoms with E-state index in [1.54, 1.807) is 0 Å². The van der Waals surface area contributed by atoms with Crippen LogP contribution in [0.2, 0.25) is 0 Å². The van der Waals surface area contributed by atoms with Gasteiger partial charge in [-0.2, -0.15) is 0 Å². The van der Waals surface area contributed by atoms with Crippen LogP contribution in [0.5, 0.6) is 0 Å². The zero-order valence-corrected chi connectivity index (χ0v) is 14.4. The van der Waals surface area contributed by atoms with Crippen LogP contribution in [0.1, 0.15) is 61.8 Å². The Morgan fingerprint density at radius 1 is 1.21 bits per heavy atom. The second kappa shape index (κ2) is 5.65. The van der Waals surface area contributed by atoms with Gasteiger partial charge in [0.25, 0.3) is 0 Å². The van der Waals surface area contributed by atoms with Gasteiger partial charge in [-0.3, -0.25) is 4.79 Å². The standard InChI is InChI=1S/C19H22N4O/c1-11(2)18(24)13-8-9-16-15(10-13)17-19(22-21-16)20-12(3)23(17)14-6-4-5-7-14/h8-11,14H,4-7H2,1-3H3. The van der Waals surface area contributed by atoms with Crippen molar-refractivity contribution in [3.63, 3.8) is 0 Å². The van der Waals surface area contributed by atoms with Crippen LogP contribution in [0, 0.1) is 12.8 Å². The summed E-state index contributed by atoms with van der Waals surface area (Å²) in [5.74, 6) is 1.12. The molecule has 0 amide bonds. The topological polar surface area (TPSA) is 60.7 Å². The number of benzene rings is 1. The van der Waals surface area contributed by atoms with Crippen molar-refractivity contribution in [2.75, 3.05) is 0 Å². The van der Waals surface area contributed by atoms with Crippen LogP contribution in [0.3, 0.4) is 0 Å². The summed E-state index contributed by atoms with van der Waals surface area (Å²) in [6, 6.07) is 6.21. The van der Waals surface area contributed by atoms with Gasteiger partial charge >= 0.3 is 0 Å². The lowest BCUT2D eigenvalue weighted by molar-refractivity contribution is 0.0939. The number of rotatable bonds is 3. The summed E-state index contributed by atoms with van der Waals surface area (Å²) in [4.78, 5) is 17.0. The van der Waals surface area contributed by atoms with E-state index in [9.17, 15) is 4.79 Å². The van der Waals surface area contributed by atoms with E-state index in [1.165, 1.54) is 25.7 Å². The molecule has 5 nitrogen and oxygen atoms in total. The van der Waals surface area contributed by atoms with Gasteiger partial charge in [-0.15, -0.1) is 10.2 Å². The molecule has 0 saturated heterocycles. The Morgan fingerprint density at radius 3 is 2.67 bits per heavy atom. The molecule has 1 aliphatic rings. The first-order valence-electron chi connectivity index (χ1n) is 8.75. The van der Waals surface area contributed by atoms with Crippen LogP contribution in [-0.2, 0) is 0 Å². The molecular weight excluding hydrogens is 300 g/mol. The number of ketones is 1. The number of hydrogen-bond acceptors (Lipinski definition) is 4. The molecule has 0 unspecified atom stereocenters. The number of carbonyl (C=O) groups is 1. The van der Waals surface area contributed by atoms with Gasteiger partial charge in [0.05, 0.1) is 11.0 Å². The Kier molecular flexibility index (Phi) is 3.59. The third-order valence-electron chi connectivity index (χ3n) is 5.07. The highest BCUT2D eigenvalue weighted by Gasteiger charge is 2.23. The summed E-state index contributed by atoms with van der Waals surface area (Å²) >= 11 is 0. The molecule has 1 fully saturated rings. The molecule has 124 valence electrons. The van der Waals surface area contributed by atoms with E-state index in [4.69, 9.17) is 0 Å². The van der Waals surface area contributed by atoms with Crippen molar-refractivity contribution in [2.45, 2.75) is 52.5 Å². The Hall–Kier alpha value is -2.30. The van der Waals surface area contributed by atoms with Crippen molar-refractivity contribution in [3.05, 3.63) is 29.6 Å². The molecule has 0 bridgehead atoms. The fraction of sp³-hybridized carbons (Fsp3) is 0.474. The average Bonchev–Trinajstić information content (AvgIpc) is 3.19. The van der Waals surface area contributed by atoms with Crippen LogP contribution in [-0.4, -0.2) is 25.5 Å². The molecule has 0 radical (unpaired) electrons. The van der Waals surface area contributed by atoms with E-state index in [0.29, 0.717) is 11.7 Å². The zero-order chi connectivity index (χ0) is 16.8. The molecule has 1 aliphatic carbocycles. The molecule has 3 aromatic rings. The molecule has 5 heteroatoms. The van der Waals surface area contributed by atoms with Crippen LogP contribution in [0.4, 0.5) is 0 Å². The van der Waals surface area contributed by atoms with Gasteiger partial charge in [0.15, 0.2) is 5.78 Å². The van der Waals surface area contributed by atoms with E-state index in [1.807, 2.05) is 39.0 Å². The molecule has 1 saturated carbocycles. The van der Waals surface area contributed by atoms with Crippen molar-refractivity contribution in [1.29, 1.82) is 0 Å². The zero-order valence-electron chi connectivity index (χ0n) is 14.4.